The maximum absolute atomic E-state index is 13.3. The lowest BCUT2D eigenvalue weighted by Crippen LogP contribution is -2.09. The standard InChI is InChI=1S/C21H15F3N2/c1-13(14-7-8-19-15(11-14)9-10-26(19)2)17-12-20(21(22,23)24)25-18-6-4-3-5-16(17)18/h3-12H,1H2,2H3. The van der Waals surface area contributed by atoms with Gasteiger partial charge in [-0.25, -0.2) is 4.98 Å². The normalized spacial score (nSPS) is 12.0. The maximum atomic E-state index is 13.3. The highest BCUT2D eigenvalue weighted by Gasteiger charge is 2.33. The zero-order valence-corrected chi connectivity index (χ0v) is 14.0. The van der Waals surface area contributed by atoms with Crippen LogP contribution < -0.4 is 0 Å². The maximum Gasteiger partial charge on any atom is 0.433 e. The highest BCUT2D eigenvalue weighted by Crippen LogP contribution is 2.35. The molecule has 4 aromatic rings. The molecule has 0 N–H and O–H groups in total. The fourth-order valence-corrected chi connectivity index (χ4v) is 3.20. The highest BCUT2D eigenvalue weighted by atomic mass is 19.4. The number of halogens is 3. The second kappa shape index (κ2) is 5.73. The van der Waals surface area contributed by atoms with Gasteiger partial charge < -0.3 is 4.57 Å². The number of rotatable bonds is 2. The van der Waals surface area contributed by atoms with Gasteiger partial charge in [-0.1, -0.05) is 30.8 Å². The summed E-state index contributed by atoms with van der Waals surface area (Å²) in [6, 6.07) is 15.6. The number of para-hydroxylation sites is 1. The number of fused-ring (bicyclic) bond motifs is 2. The van der Waals surface area contributed by atoms with Crippen molar-refractivity contribution in [1.82, 2.24) is 9.55 Å². The van der Waals surface area contributed by atoms with Crippen LogP contribution >= 0.6 is 0 Å². The van der Waals surface area contributed by atoms with Crippen molar-refractivity contribution < 1.29 is 13.2 Å². The average Bonchev–Trinajstić information content (AvgIpc) is 3.00. The number of alkyl halides is 3. The van der Waals surface area contributed by atoms with Crippen molar-refractivity contribution in [2.45, 2.75) is 6.18 Å². The summed E-state index contributed by atoms with van der Waals surface area (Å²) in [6.07, 6.45) is -2.57. The Morgan fingerprint density at radius 3 is 2.58 bits per heavy atom. The third-order valence-corrected chi connectivity index (χ3v) is 4.57. The molecule has 0 atom stereocenters. The number of nitrogens with zero attached hydrogens (tertiary/aromatic N) is 2. The summed E-state index contributed by atoms with van der Waals surface area (Å²) in [4.78, 5) is 3.77. The van der Waals surface area contributed by atoms with Gasteiger partial charge in [0, 0.05) is 29.5 Å². The molecule has 2 nitrogen and oxygen atoms in total. The van der Waals surface area contributed by atoms with Gasteiger partial charge >= 0.3 is 6.18 Å². The number of benzene rings is 2. The van der Waals surface area contributed by atoms with E-state index in [-0.39, 0.29) is 0 Å². The molecule has 0 radical (unpaired) electrons. The van der Waals surface area contributed by atoms with Crippen LogP contribution in [0.4, 0.5) is 13.2 Å². The monoisotopic (exact) mass is 352 g/mol. The van der Waals surface area contributed by atoms with E-state index in [1.54, 1.807) is 24.3 Å². The van der Waals surface area contributed by atoms with Gasteiger partial charge in [0.25, 0.3) is 0 Å². The van der Waals surface area contributed by atoms with E-state index in [2.05, 4.69) is 11.6 Å². The number of hydrogen-bond donors (Lipinski definition) is 0. The lowest BCUT2D eigenvalue weighted by atomic mass is 9.95. The van der Waals surface area contributed by atoms with Crippen molar-refractivity contribution in [3.8, 4) is 0 Å². The summed E-state index contributed by atoms with van der Waals surface area (Å²) in [6.45, 7) is 4.08. The van der Waals surface area contributed by atoms with Crippen LogP contribution in [0.1, 0.15) is 16.8 Å². The minimum atomic E-state index is -4.51. The minimum Gasteiger partial charge on any atom is -0.351 e. The van der Waals surface area contributed by atoms with E-state index in [0.717, 1.165) is 22.5 Å². The van der Waals surface area contributed by atoms with Crippen molar-refractivity contribution >= 4 is 27.4 Å². The van der Waals surface area contributed by atoms with E-state index in [1.807, 2.05) is 42.1 Å². The first kappa shape index (κ1) is 16.4. The highest BCUT2D eigenvalue weighted by molar-refractivity contribution is 5.97. The Morgan fingerprint density at radius 1 is 1.04 bits per heavy atom. The Bertz CT molecular complexity index is 1150. The first-order valence-electron chi connectivity index (χ1n) is 8.06. The van der Waals surface area contributed by atoms with Crippen molar-refractivity contribution in [3.63, 3.8) is 0 Å². The van der Waals surface area contributed by atoms with Crippen LogP contribution in [0.15, 0.2) is 67.4 Å². The molecule has 0 aliphatic rings. The Balaban J connectivity index is 1.92. The van der Waals surface area contributed by atoms with Gasteiger partial charge in [-0.05, 0) is 47.0 Å². The molecule has 0 saturated carbocycles. The van der Waals surface area contributed by atoms with Crippen molar-refractivity contribution in [2.24, 2.45) is 7.05 Å². The van der Waals surface area contributed by atoms with Gasteiger partial charge in [0.2, 0.25) is 0 Å². The van der Waals surface area contributed by atoms with E-state index in [9.17, 15) is 13.2 Å². The van der Waals surface area contributed by atoms with Crippen LogP contribution in [-0.2, 0) is 13.2 Å². The number of pyridine rings is 1. The number of hydrogen-bond acceptors (Lipinski definition) is 1. The topological polar surface area (TPSA) is 17.8 Å². The Morgan fingerprint density at radius 2 is 1.81 bits per heavy atom. The van der Waals surface area contributed by atoms with E-state index >= 15 is 0 Å². The number of aryl methyl sites for hydroxylation is 1. The molecule has 0 aliphatic heterocycles. The van der Waals surface area contributed by atoms with Gasteiger partial charge in [-0.2, -0.15) is 13.2 Å². The Hall–Kier alpha value is -3.08. The van der Waals surface area contributed by atoms with Crippen LogP contribution in [0, 0.1) is 0 Å². The third kappa shape index (κ3) is 2.65. The number of aromatic nitrogens is 2. The van der Waals surface area contributed by atoms with E-state index in [1.165, 1.54) is 0 Å². The third-order valence-electron chi connectivity index (χ3n) is 4.57. The zero-order valence-electron chi connectivity index (χ0n) is 14.0. The summed E-state index contributed by atoms with van der Waals surface area (Å²) in [5, 5.41) is 1.67. The molecule has 130 valence electrons. The molecule has 0 fully saturated rings. The van der Waals surface area contributed by atoms with Crippen molar-refractivity contribution in [1.29, 1.82) is 0 Å². The smallest absolute Gasteiger partial charge is 0.351 e. The van der Waals surface area contributed by atoms with E-state index in [4.69, 9.17) is 0 Å². The van der Waals surface area contributed by atoms with E-state index < -0.39 is 11.9 Å². The van der Waals surface area contributed by atoms with Gasteiger partial charge in [-0.3, -0.25) is 0 Å². The molecule has 26 heavy (non-hydrogen) atoms. The first-order chi connectivity index (χ1) is 12.3. The fourth-order valence-electron chi connectivity index (χ4n) is 3.20. The fraction of sp³-hybridized carbons (Fsp3) is 0.0952. The van der Waals surface area contributed by atoms with Gasteiger partial charge in [0.15, 0.2) is 0 Å². The van der Waals surface area contributed by atoms with Crippen LogP contribution in [0.5, 0.6) is 0 Å². The molecule has 2 aromatic heterocycles. The molecule has 2 heterocycles. The second-order valence-corrected chi connectivity index (χ2v) is 6.25. The molecular formula is C21H15F3N2. The SMILES string of the molecule is C=C(c1ccc2c(ccn2C)c1)c1cc(C(F)(F)F)nc2ccccc12. The largest absolute Gasteiger partial charge is 0.433 e. The van der Waals surface area contributed by atoms with E-state index in [0.29, 0.717) is 22.0 Å². The Kier molecular flexibility index (Phi) is 3.61. The summed E-state index contributed by atoms with van der Waals surface area (Å²) >= 11 is 0. The molecule has 5 heteroatoms. The predicted octanol–water partition coefficient (Wildman–Crippen LogP) is 5.81. The molecule has 0 aliphatic carbocycles. The van der Waals surface area contributed by atoms with Gasteiger partial charge in [-0.15, -0.1) is 0 Å². The molecule has 0 bridgehead atoms. The predicted molar refractivity (Wildman–Crippen MR) is 97.8 cm³/mol. The van der Waals surface area contributed by atoms with Crippen LogP contribution in [-0.4, -0.2) is 9.55 Å². The van der Waals surface area contributed by atoms with Crippen molar-refractivity contribution in [3.05, 3.63) is 84.2 Å². The summed E-state index contributed by atoms with van der Waals surface area (Å²) < 4.78 is 41.8. The summed E-state index contributed by atoms with van der Waals surface area (Å²) in [7, 11) is 1.95. The first-order valence-corrected chi connectivity index (χ1v) is 8.06. The van der Waals surface area contributed by atoms with Crippen LogP contribution in [0.25, 0.3) is 27.4 Å². The van der Waals surface area contributed by atoms with Crippen molar-refractivity contribution in [2.75, 3.05) is 0 Å². The molecule has 0 saturated heterocycles. The van der Waals surface area contributed by atoms with Gasteiger partial charge in [0.1, 0.15) is 5.69 Å². The van der Waals surface area contributed by atoms with Crippen LogP contribution in [0.2, 0.25) is 0 Å². The average molecular weight is 352 g/mol. The second-order valence-electron chi connectivity index (χ2n) is 6.25. The zero-order chi connectivity index (χ0) is 18.5. The molecule has 0 unspecified atom stereocenters. The molecule has 2 aromatic carbocycles. The lowest BCUT2D eigenvalue weighted by molar-refractivity contribution is -0.140. The molecule has 4 rings (SSSR count). The Labute approximate surface area is 148 Å². The lowest BCUT2D eigenvalue weighted by Gasteiger charge is -2.14. The minimum absolute atomic E-state index is 0.305. The molecule has 0 amide bonds. The quantitative estimate of drug-likeness (QED) is 0.445. The molecular weight excluding hydrogens is 337 g/mol. The van der Waals surface area contributed by atoms with Gasteiger partial charge in [0.05, 0.1) is 5.52 Å². The summed E-state index contributed by atoms with van der Waals surface area (Å²) in [5.41, 5.74) is 2.22. The molecule has 0 spiro atoms. The summed E-state index contributed by atoms with van der Waals surface area (Å²) in [5.74, 6) is 0. The van der Waals surface area contributed by atoms with Crippen LogP contribution in [0.3, 0.4) is 0 Å².